The molecule has 11 heteroatoms. The Kier molecular flexibility index (Phi) is 5.34. The van der Waals surface area contributed by atoms with Crippen molar-refractivity contribution in [1.82, 2.24) is 9.55 Å². The van der Waals surface area contributed by atoms with Crippen molar-refractivity contribution in [3.8, 4) is 16.5 Å². The quantitative estimate of drug-likeness (QED) is 0.478. The highest BCUT2D eigenvalue weighted by atomic mass is 32.1. The lowest BCUT2D eigenvalue weighted by Crippen LogP contribution is -2.28. The summed E-state index contributed by atoms with van der Waals surface area (Å²) in [4.78, 5) is 29.7. The molecular formula is C20H11F3N4O2S2. The number of hydrogen-bond acceptors (Lipinski definition) is 6. The summed E-state index contributed by atoms with van der Waals surface area (Å²) in [5.41, 5.74) is 0.323. The molecule has 0 spiro atoms. The lowest BCUT2D eigenvalue weighted by molar-refractivity contribution is -0.136. The molecule has 31 heavy (non-hydrogen) atoms. The fourth-order valence-corrected chi connectivity index (χ4v) is 4.84. The number of benzene rings is 1. The molecule has 0 aliphatic carbocycles. The highest BCUT2D eigenvalue weighted by molar-refractivity contribution is 7.17. The number of thiazole rings is 1. The number of carbonyl (C=O) groups excluding carboxylic acids is 1. The monoisotopic (exact) mass is 460 g/mol. The van der Waals surface area contributed by atoms with Gasteiger partial charge < -0.3 is 5.32 Å². The molecule has 0 bridgehead atoms. The summed E-state index contributed by atoms with van der Waals surface area (Å²) < 4.78 is 41.4. The van der Waals surface area contributed by atoms with Crippen molar-refractivity contribution in [3.05, 3.63) is 68.9 Å². The largest absolute Gasteiger partial charge is 0.418 e. The zero-order chi connectivity index (χ0) is 22.2. The zero-order valence-corrected chi connectivity index (χ0v) is 17.1. The van der Waals surface area contributed by atoms with Gasteiger partial charge in [0, 0.05) is 23.2 Å². The maximum absolute atomic E-state index is 13.5. The van der Waals surface area contributed by atoms with Gasteiger partial charge in [-0.05, 0) is 17.5 Å². The SMILES string of the molecule is N#Cc1csc(NC(=O)Cn2c(=O)ccc3cccc(C(F)(F)F)c32)c1-c1cncs1. The van der Waals surface area contributed by atoms with Crippen LogP contribution in [-0.4, -0.2) is 15.5 Å². The van der Waals surface area contributed by atoms with Gasteiger partial charge in [-0.3, -0.25) is 19.1 Å². The van der Waals surface area contributed by atoms with Crippen molar-refractivity contribution in [1.29, 1.82) is 5.26 Å². The first-order chi connectivity index (χ1) is 14.8. The van der Waals surface area contributed by atoms with Gasteiger partial charge in [0.2, 0.25) is 5.91 Å². The smallest absolute Gasteiger partial charge is 0.316 e. The molecule has 4 rings (SSSR count). The number of fused-ring (bicyclic) bond motifs is 1. The second-order valence-electron chi connectivity index (χ2n) is 6.38. The van der Waals surface area contributed by atoms with E-state index in [9.17, 15) is 28.0 Å². The topological polar surface area (TPSA) is 87.8 Å². The summed E-state index contributed by atoms with van der Waals surface area (Å²) in [5, 5.41) is 14.1. The lowest BCUT2D eigenvalue weighted by atomic mass is 10.1. The van der Waals surface area contributed by atoms with Crippen molar-refractivity contribution in [3.63, 3.8) is 0 Å². The molecule has 0 atom stereocenters. The van der Waals surface area contributed by atoms with Crippen LogP contribution in [0.25, 0.3) is 21.3 Å². The van der Waals surface area contributed by atoms with Crippen molar-refractivity contribution in [2.24, 2.45) is 0 Å². The van der Waals surface area contributed by atoms with Gasteiger partial charge in [0.25, 0.3) is 5.56 Å². The summed E-state index contributed by atoms with van der Waals surface area (Å²) in [5.74, 6) is -0.691. The number of hydrogen-bond donors (Lipinski definition) is 1. The third-order valence-electron chi connectivity index (χ3n) is 4.46. The number of nitrogens with one attached hydrogen (secondary N) is 1. The molecule has 6 nitrogen and oxygen atoms in total. The summed E-state index contributed by atoms with van der Waals surface area (Å²) >= 11 is 2.39. The molecule has 0 saturated heterocycles. The first-order valence-corrected chi connectivity index (χ1v) is 10.5. The number of amides is 1. The molecule has 0 unspecified atom stereocenters. The molecule has 0 radical (unpaired) electrons. The molecular weight excluding hydrogens is 449 g/mol. The summed E-state index contributed by atoms with van der Waals surface area (Å²) in [6, 6.07) is 8.02. The third-order valence-corrected chi connectivity index (χ3v) is 6.14. The van der Waals surface area contributed by atoms with Crippen LogP contribution in [0.15, 0.2) is 52.2 Å². The number of nitrogens with zero attached hydrogens (tertiary/aromatic N) is 3. The van der Waals surface area contributed by atoms with Crippen LogP contribution in [0.5, 0.6) is 0 Å². The van der Waals surface area contributed by atoms with Crippen LogP contribution in [0.2, 0.25) is 0 Å². The van der Waals surface area contributed by atoms with E-state index >= 15 is 0 Å². The van der Waals surface area contributed by atoms with E-state index in [0.717, 1.165) is 28.0 Å². The third kappa shape index (κ3) is 3.95. The van der Waals surface area contributed by atoms with Gasteiger partial charge in [0.05, 0.1) is 27.0 Å². The predicted octanol–water partition coefficient (Wildman–Crippen LogP) is 4.72. The van der Waals surface area contributed by atoms with Crippen LogP contribution in [-0.2, 0) is 17.5 Å². The maximum atomic E-state index is 13.5. The minimum atomic E-state index is -4.69. The molecule has 1 amide bonds. The Labute approximate surface area is 180 Å². The second kappa shape index (κ2) is 7.98. The Morgan fingerprint density at radius 1 is 1.23 bits per heavy atom. The van der Waals surface area contributed by atoms with E-state index in [0.29, 0.717) is 21.0 Å². The van der Waals surface area contributed by atoms with Gasteiger partial charge in [0.1, 0.15) is 17.6 Å². The van der Waals surface area contributed by atoms with Crippen LogP contribution >= 0.6 is 22.7 Å². The van der Waals surface area contributed by atoms with Gasteiger partial charge in [0.15, 0.2) is 0 Å². The van der Waals surface area contributed by atoms with E-state index in [2.05, 4.69) is 10.3 Å². The fraction of sp³-hybridized carbons (Fsp3) is 0.100. The Morgan fingerprint density at radius 2 is 2.03 bits per heavy atom. The van der Waals surface area contributed by atoms with E-state index in [1.54, 1.807) is 17.1 Å². The van der Waals surface area contributed by atoms with Crippen molar-refractivity contribution >= 4 is 44.5 Å². The van der Waals surface area contributed by atoms with Gasteiger partial charge >= 0.3 is 6.18 Å². The van der Waals surface area contributed by atoms with Crippen molar-refractivity contribution in [2.75, 3.05) is 5.32 Å². The summed E-state index contributed by atoms with van der Waals surface area (Å²) in [7, 11) is 0. The number of anilines is 1. The number of halogens is 3. The number of aromatic nitrogens is 2. The van der Waals surface area contributed by atoms with Gasteiger partial charge in [-0.1, -0.05) is 12.1 Å². The normalized spacial score (nSPS) is 11.4. The van der Waals surface area contributed by atoms with Gasteiger partial charge in [-0.25, -0.2) is 0 Å². The van der Waals surface area contributed by atoms with Crippen LogP contribution in [0, 0.1) is 11.3 Å². The van der Waals surface area contributed by atoms with E-state index in [1.807, 2.05) is 6.07 Å². The first-order valence-electron chi connectivity index (χ1n) is 8.69. The van der Waals surface area contributed by atoms with E-state index in [4.69, 9.17) is 0 Å². The molecule has 1 N–H and O–H groups in total. The number of alkyl halides is 3. The zero-order valence-electron chi connectivity index (χ0n) is 15.4. The Balaban J connectivity index is 1.73. The highest BCUT2D eigenvalue weighted by Gasteiger charge is 2.34. The molecule has 0 saturated carbocycles. The van der Waals surface area contributed by atoms with Crippen LogP contribution in [0.3, 0.4) is 0 Å². The van der Waals surface area contributed by atoms with Crippen molar-refractivity contribution in [2.45, 2.75) is 12.7 Å². The minimum absolute atomic E-state index is 0.190. The second-order valence-corrected chi connectivity index (χ2v) is 8.14. The molecule has 1 aromatic carbocycles. The number of para-hydroxylation sites is 1. The first kappa shape index (κ1) is 20.8. The Morgan fingerprint density at radius 3 is 2.71 bits per heavy atom. The number of thiophene rings is 1. The van der Waals surface area contributed by atoms with E-state index in [1.165, 1.54) is 29.5 Å². The average Bonchev–Trinajstić information content (AvgIpc) is 3.38. The van der Waals surface area contributed by atoms with Crippen LogP contribution in [0.1, 0.15) is 11.1 Å². The van der Waals surface area contributed by atoms with Gasteiger partial charge in [-0.2, -0.15) is 18.4 Å². The minimum Gasteiger partial charge on any atom is -0.316 e. The van der Waals surface area contributed by atoms with Crippen LogP contribution < -0.4 is 10.9 Å². The van der Waals surface area contributed by atoms with E-state index in [-0.39, 0.29) is 10.9 Å². The summed E-state index contributed by atoms with van der Waals surface area (Å²) in [6.45, 7) is -0.620. The lowest BCUT2D eigenvalue weighted by Gasteiger charge is -2.15. The van der Waals surface area contributed by atoms with E-state index < -0.39 is 29.8 Å². The van der Waals surface area contributed by atoms with Crippen LogP contribution in [0.4, 0.5) is 18.2 Å². The number of nitriles is 1. The molecule has 4 aromatic rings. The fourth-order valence-electron chi connectivity index (χ4n) is 3.17. The predicted molar refractivity (Wildman–Crippen MR) is 112 cm³/mol. The molecule has 0 aliphatic heterocycles. The Hall–Kier alpha value is -3.49. The molecule has 0 fully saturated rings. The molecule has 3 heterocycles. The standard InChI is InChI=1S/C20H11F3N4O2S2/c21-20(22,23)13-3-1-2-11-4-5-16(29)27(18(11)13)8-15(28)26-19-17(12(6-24)9-30-19)14-7-25-10-31-14/h1-5,7,9-10H,8H2,(H,26,28). The maximum Gasteiger partial charge on any atom is 0.418 e. The number of carbonyl (C=O) groups is 1. The highest BCUT2D eigenvalue weighted by Crippen LogP contribution is 2.39. The molecule has 0 aliphatic rings. The van der Waals surface area contributed by atoms with Gasteiger partial charge in [-0.15, -0.1) is 22.7 Å². The number of pyridine rings is 1. The molecule has 156 valence electrons. The summed E-state index contributed by atoms with van der Waals surface area (Å²) in [6.07, 6.45) is -3.14. The molecule has 3 aromatic heterocycles. The Bertz CT molecular complexity index is 1380. The number of rotatable bonds is 4. The average molecular weight is 460 g/mol. The van der Waals surface area contributed by atoms with Crippen molar-refractivity contribution < 1.29 is 18.0 Å².